The molecule has 0 unspecified atom stereocenters. The Bertz CT molecular complexity index is 928. The first-order valence-corrected chi connectivity index (χ1v) is 8.53. The standard InChI is InChI=1S/C18H25N7O/c1-12-7-16(23(5)19-12)11-25(10-15-9-14(3)22(4)21-15)18(26)17-8-13(2)20-24(17)6/h7-9H,10-11H2,1-6H3. The second-order valence-corrected chi connectivity index (χ2v) is 6.76. The van der Waals surface area contributed by atoms with Gasteiger partial charge in [0.15, 0.2) is 0 Å². The Morgan fingerprint density at radius 1 is 0.885 bits per heavy atom. The highest BCUT2D eigenvalue weighted by Crippen LogP contribution is 2.15. The maximum atomic E-state index is 13.2. The van der Waals surface area contributed by atoms with Crippen LogP contribution in [0, 0.1) is 20.8 Å². The Labute approximate surface area is 153 Å². The second-order valence-electron chi connectivity index (χ2n) is 6.76. The summed E-state index contributed by atoms with van der Waals surface area (Å²) in [5, 5.41) is 13.2. The molecular weight excluding hydrogens is 330 g/mol. The van der Waals surface area contributed by atoms with Crippen LogP contribution in [0.25, 0.3) is 0 Å². The quantitative estimate of drug-likeness (QED) is 0.698. The van der Waals surface area contributed by atoms with Gasteiger partial charge in [-0.15, -0.1) is 0 Å². The van der Waals surface area contributed by atoms with Gasteiger partial charge < -0.3 is 4.90 Å². The summed E-state index contributed by atoms with van der Waals surface area (Å²) < 4.78 is 5.26. The van der Waals surface area contributed by atoms with Crippen LogP contribution in [-0.2, 0) is 34.2 Å². The Morgan fingerprint density at radius 2 is 1.54 bits per heavy atom. The summed E-state index contributed by atoms with van der Waals surface area (Å²) in [6.07, 6.45) is 0. The highest BCUT2D eigenvalue weighted by atomic mass is 16.2. The van der Waals surface area contributed by atoms with Crippen LogP contribution < -0.4 is 0 Å². The first-order valence-electron chi connectivity index (χ1n) is 8.53. The molecule has 3 rings (SSSR count). The first-order chi connectivity index (χ1) is 12.2. The zero-order valence-electron chi connectivity index (χ0n) is 16.2. The van der Waals surface area contributed by atoms with E-state index in [0.29, 0.717) is 18.8 Å². The molecule has 0 saturated carbocycles. The summed E-state index contributed by atoms with van der Waals surface area (Å²) in [4.78, 5) is 15.0. The van der Waals surface area contributed by atoms with Gasteiger partial charge in [0.1, 0.15) is 5.69 Å². The van der Waals surface area contributed by atoms with E-state index in [4.69, 9.17) is 0 Å². The van der Waals surface area contributed by atoms with E-state index >= 15 is 0 Å². The summed E-state index contributed by atoms with van der Waals surface area (Å²) >= 11 is 0. The van der Waals surface area contributed by atoms with Gasteiger partial charge in [0.05, 0.1) is 35.9 Å². The number of carbonyl (C=O) groups is 1. The fraction of sp³-hybridized carbons (Fsp3) is 0.444. The van der Waals surface area contributed by atoms with Crippen molar-refractivity contribution in [1.29, 1.82) is 0 Å². The Morgan fingerprint density at radius 3 is 2.04 bits per heavy atom. The number of aryl methyl sites for hydroxylation is 6. The van der Waals surface area contributed by atoms with E-state index in [9.17, 15) is 4.79 Å². The Balaban J connectivity index is 1.93. The minimum Gasteiger partial charge on any atom is -0.325 e. The van der Waals surface area contributed by atoms with Crippen molar-refractivity contribution in [3.8, 4) is 0 Å². The number of hydrogen-bond acceptors (Lipinski definition) is 4. The van der Waals surface area contributed by atoms with Crippen LogP contribution in [0.5, 0.6) is 0 Å². The minimum absolute atomic E-state index is 0.0738. The van der Waals surface area contributed by atoms with Crippen molar-refractivity contribution in [3.05, 3.63) is 52.4 Å². The third-order valence-corrected chi connectivity index (χ3v) is 4.48. The third-order valence-electron chi connectivity index (χ3n) is 4.48. The molecule has 3 heterocycles. The van der Waals surface area contributed by atoms with Gasteiger partial charge in [-0.3, -0.25) is 18.8 Å². The lowest BCUT2D eigenvalue weighted by atomic mass is 10.2. The van der Waals surface area contributed by atoms with Gasteiger partial charge in [0.2, 0.25) is 0 Å². The van der Waals surface area contributed by atoms with Crippen molar-refractivity contribution < 1.29 is 4.79 Å². The number of amides is 1. The Hall–Kier alpha value is -2.90. The summed E-state index contributed by atoms with van der Waals surface area (Å²) in [7, 11) is 5.58. The maximum Gasteiger partial charge on any atom is 0.272 e. The predicted octanol–water partition coefficient (Wildman–Crippen LogP) is 1.65. The van der Waals surface area contributed by atoms with E-state index in [0.717, 1.165) is 28.5 Å². The van der Waals surface area contributed by atoms with Crippen LogP contribution in [0.4, 0.5) is 0 Å². The summed E-state index contributed by atoms with van der Waals surface area (Å²) in [6, 6.07) is 5.81. The van der Waals surface area contributed by atoms with Gasteiger partial charge in [-0.05, 0) is 39.0 Å². The van der Waals surface area contributed by atoms with Gasteiger partial charge in [-0.2, -0.15) is 15.3 Å². The minimum atomic E-state index is -0.0738. The first kappa shape index (κ1) is 17.9. The number of carbonyl (C=O) groups excluding carboxylic acids is 1. The predicted molar refractivity (Wildman–Crippen MR) is 97.4 cm³/mol. The molecule has 0 atom stereocenters. The van der Waals surface area contributed by atoms with Crippen LogP contribution in [-0.4, -0.2) is 40.1 Å². The molecule has 0 aliphatic carbocycles. The summed E-state index contributed by atoms with van der Waals surface area (Å²) in [5.41, 5.74) is 5.20. The maximum absolute atomic E-state index is 13.2. The van der Waals surface area contributed by atoms with Crippen LogP contribution in [0.3, 0.4) is 0 Å². The zero-order valence-corrected chi connectivity index (χ0v) is 16.2. The topological polar surface area (TPSA) is 73.8 Å². The van der Waals surface area contributed by atoms with Crippen LogP contribution in [0.2, 0.25) is 0 Å². The molecule has 0 aliphatic rings. The Kier molecular flexibility index (Phi) is 4.67. The average Bonchev–Trinajstić information content (AvgIpc) is 3.16. The van der Waals surface area contributed by atoms with Crippen molar-refractivity contribution >= 4 is 5.91 Å². The number of aromatic nitrogens is 6. The van der Waals surface area contributed by atoms with Gasteiger partial charge >= 0.3 is 0 Å². The van der Waals surface area contributed by atoms with Crippen molar-refractivity contribution in [1.82, 2.24) is 34.2 Å². The van der Waals surface area contributed by atoms with E-state index in [1.807, 2.05) is 62.4 Å². The molecule has 1 amide bonds. The van der Waals surface area contributed by atoms with Gasteiger partial charge in [-0.1, -0.05) is 0 Å². The lowest BCUT2D eigenvalue weighted by Gasteiger charge is -2.22. The van der Waals surface area contributed by atoms with E-state index in [-0.39, 0.29) is 5.91 Å². The SMILES string of the molecule is Cc1cc(CN(Cc2cc(C)n(C)n2)C(=O)c2cc(C)nn2C)n(C)n1. The van der Waals surface area contributed by atoms with E-state index < -0.39 is 0 Å². The van der Waals surface area contributed by atoms with Crippen molar-refractivity contribution in [2.75, 3.05) is 0 Å². The van der Waals surface area contributed by atoms with Gasteiger partial charge in [0.25, 0.3) is 5.91 Å². The zero-order chi connectivity index (χ0) is 19.0. The molecule has 0 saturated heterocycles. The van der Waals surface area contributed by atoms with Crippen molar-refractivity contribution in [2.45, 2.75) is 33.9 Å². The average molecular weight is 355 g/mol. The lowest BCUT2D eigenvalue weighted by molar-refractivity contribution is 0.0712. The van der Waals surface area contributed by atoms with Gasteiger partial charge in [0, 0.05) is 26.8 Å². The fourth-order valence-corrected chi connectivity index (χ4v) is 3.09. The normalized spacial score (nSPS) is 11.2. The van der Waals surface area contributed by atoms with Crippen molar-refractivity contribution in [2.24, 2.45) is 21.1 Å². The summed E-state index contributed by atoms with van der Waals surface area (Å²) in [6.45, 7) is 6.71. The molecule has 8 heteroatoms. The number of nitrogens with zero attached hydrogens (tertiary/aromatic N) is 7. The molecule has 0 N–H and O–H groups in total. The monoisotopic (exact) mass is 355 g/mol. The molecule has 0 fully saturated rings. The largest absolute Gasteiger partial charge is 0.325 e. The lowest BCUT2D eigenvalue weighted by Crippen LogP contribution is -2.32. The van der Waals surface area contributed by atoms with Crippen LogP contribution in [0.15, 0.2) is 18.2 Å². The van der Waals surface area contributed by atoms with Crippen LogP contribution >= 0.6 is 0 Å². The number of hydrogen-bond donors (Lipinski definition) is 0. The van der Waals surface area contributed by atoms with E-state index in [1.165, 1.54) is 0 Å². The number of rotatable bonds is 5. The molecule has 0 aromatic carbocycles. The highest BCUT2D eigenvalue weighted by Gasteiger charge is 2.22. The van der Waals surface area contributed by atoms with E-state index in [2.05, 4.69) is 15.3 Å². The molecule has 138 valence electrons. The smallest absolute Gasteiger partial charge is 0.272 e. The molecular formula is C18H25N7O. The van der Waals surface area contributed by atoms with Crippen molar-refractivity contribution in [3.63, 3.8) is 0 Å². The second kappa shape index (κ2) is 6.78. The molecule has 0 radical (unpaired) electrons. The third kappa shape index (κ3) is 3.54. The molecule has 0 bridgehead atoms. The highest BCUT2D eigenvalue weighted by molar-refractivity contribution is 5.92. The molecule has 26 heavy (non-hydrogen) atoms. The molecule has 3 aromatic rings. The van der Waals surface area contributed by atoms with Gasteiger partial charge in [-0.25, -0.2) is 0 Å². The summed E-state index contributed by atoms with van der Waals surface area (Å²) in [5.74, 6) is -0.0738. The molecule has 0 aliphatic heterocycles. The fourth-order valence-electron chi connectivity index (χ4n) is 3.09. The van der Waals surface area contributed by atoms with Crippen LogP contribution in [0.1, 0.15) is 39.0 Å². The molecule has 0 spiro atoms. The molecule has 8 nitrogen and oxygen atoms in total. The van der Waals surface area contributed by atoms with E-state index in [1.54, 1.807) is 16.6 Å². The molecule has 3 aromatic heterocycles.